The van der Waals surface area contributed by atoms with Gasteiger partial charge in [0.2, 0.25) is 0 Å². The van der Waals surface area contributed by atoms with Gasteiger partial charge in [-0.3, -0.25) is 0 Å². The lowest BCUT2D eigenvalue weighted by atomic mass is 10.1. The molecular weight excluding hydrogens is 244 g/mol. The summed E-state index contributed by atoms with van der Waals surface area (Å²) in [5.74, 6) is -1.57. The molecule has 0 saturated carbocycles. The Bertz CT molecular complexity index is 353. The first-order valence-corrected chi connectivity index (χ1v) is 7.43. The summed E-state index contributed by atoms with van der Waals surface area (Å²) in [6.45, 7) is 2.92. The van der Waals surface area contributed by atoms with E-state index in [1.807, 2.05) is 0 Å². The quantitative estimate of drug-likeness (QED) is 0.552. The molecule has 1 rings (SSSR count). The monoisotopic (exact) mass is 269 g/mol. The van der Waals surface area contributed by atoms with Crippen LogP contribution < -0.4 is 5.32 Å². The van der Waals surface area contributed by atoms with E-state index in [0.717, 1.165) is 18.9 Å². The largest absolute Gasteiger partial charge is 0.383 e. The molecule has 0 aromatic heterocycles. The van der Waals surface area contributed by atoms with Crippen LogP contribution in [0.1, 0.15) is 58.3 Å². The van der Waals surface area contributed by atoms with Crippen molar-refractivity contribution in [2.75, 3.05) is 11.9 Å². The van der Waals surface area contributed by atoms with Gasteiger partial charge in [-0.2, -0.15) is 0 Å². The second-order valence-corrected chi connectivity index (χ2v) is 5.00. The molecular formula is C16H25F2N. The predicted octanol–water partition coefficient (Wildman–Crippen LogP) is 5.52. The second-order valence-electron chi connectivity index (χ2n) is 5.00. The first-order valence-electron chi connectivity index (χ1n) is 7.43. The maximum Gasteiger partial charge on any atom is 0.181 e. The molecule has 0 heterocycles. The summed E-state index contributed by atoms with van der Waals surface area (Å²) >= 11 is 0. The highest BCUT2D eigenvalue weighted by atomic mass is 19.2. The van der Waals surface area contributed by atoms with Crippen LogP contribution >= 0.6 is 0 Å². The van der Waals surface area contributed by atoms with Gasteiger partial charge in [0.15, 0.2) is 11.6 Å². The lowest BCUT2D eigenvalue weighted by Gasteiger charge is -2.07. The second kappa shape index (κ2) is 9.76. The molecule has 0 bridgehead atoms. The topological polar surface area (TPSA) is 12.0 Å². The smallest absolute Gasteiger partial charge is 0.181 e. The highest BCUT2D eigenvalue weighted by molar-refractivity contribution is 5.44. The standard InChI is InChI=1S/C16H25F2N/c1-2-3-4-5-6-7-8-9-13-19-15-12-10-11-14(17)16(15)18/h10-12,19H,2-9,13H2,1H3. The first kappa shape index (κ1) is 15.9. The lowest BCUT2D eigenvalue weighted by molar-refractivity contribution is 0.510. The van der Waals surface area contributed by atoms with E-state index >= 15 is 0 Å². The van der Waals surface area contributed by atoms with E-state index in [1.54, 1.807) is 6.07 Å². The van der Waals surface area contributed by atoms with Crippen molar-refractivity contribution in [1.29, 1.82) is 0 Å². The number of hydrogen-bond donors (Lipinski definition) is 1. The summed E-state index contributed by atoms with van der Waals surface area (Å²) < 4.78 is 26.3. The molecule has 0 aliphatic carbocycles. The van der Waals surface area contributed by atoms with Gasteiger partial charge in [0.1, 0.15) is 0 Å². The zero-order chi connectivity index (χ0) is 13.9. The van der Waals surface area contributed by atoms with Gasteiger partial charge in [-0.15, -0.1) is 0 Å². The Morgan fingerprint density at radius 3 is 2.21 bits per heavy atom. The fourth-order valence-electron chi connectivity index (χ4n) is 2.12. The van der Waals surface area contributed by atoms with Crippen LogP contribution in [-0.4, -0.2) is 6.54 Å². The maximum absolute atomic E-state index is 13.3. The molecule has 0 fully saturated rings. The van der Waals surface area contributed by atoms with Crippen LogP contribution in [-0.2, 0) is 0 Å². The average Bonchev–Trinajstić information content (AvgIpc) is 2.41. The molecule has 0 amide bonds. The van der Waals surface area contributed by atoms with Crippen molar-refractivity contribution in [3.8, 4) is 0 Å². The minimum absolute atomic E-state index is 0.267. The summed E-state index contributed by atoms with van der Waals surface area (Å²) in [6, 6.07) is 4.23. The fraction of sp³-hybridized carbons (Fsp3) is 0.625. The van der Waals surface area contributed by atoms with E-state index in [1.165, 1.54) is 44.6 Å². The highest BCUT2D eigenvalue weighted by Gasteiger charge is 2.05. The molecule has 3 heteroatoms. The highest BCUT2D eigenvalue weighted by Crippen LogP contribution is 2.16. The van der Waals surface area contributed by atoms with E-state index in [-0.39, 0.29) is 5.69 Å². The van der Waals surface area contributed by atoms with Crippen LogP contribution in [0.15, 0.2) is 18.2 Å². The molecule has 1 nitrogen and oxygen atoms in total. The summed E-state index contributed by atoms with van der Waals surface area (Å²) in [6.07, 6.45) is 9.94. The number of unbranched alkanes of at least 4 members (excludes halogenated alkanes) is 7. The summed E-state index contributed by atoms with van der Waals surface area (Å²) in [5.41, 5.74) is 0.267. The van der Waals surface area contributed by atoms with Crippen LogP contribution in [0.2, 0.25) is 0 Å². The van der Waals surface area contributed by atoms with E-state index in [9.17, 15) is 8.78 Å². The van der Waals surface area contributed by atoms with Gasteiger partial charge in [0.25, 0.3) is 0 Å². The van der Waals surface area contributed by atoms with Crippen molar-refractivity contribution >= 4 is 5.69 Å². The van der Waals surface area contributed by atoms with Gasteiger partial charge < -0.3 is 5.32 Å². The van der Waals surface area contributed by atoms with E-state index in [0.29, 0.717) is 6.54 Å². The van der Waals surface area contributed by atoms with Crippen molar-refractivity contribution in [2.24, 2.45) is 0 Å². The van der Waals surface area contributed by atoms with Crippen molar-refractivity contribution in [3.63, 3.8) is 0 Å². The number of hydrogen-bond acceptors (Lipinski definition) is 1. The summed E-state index contributed by atoms with van der Waals surface area (Å²) in [5, 5.41) is 2.95. The van der Waals surface area contributed by atoms with Crippen LogP contribution in [0.4, 0.5) is 14.5 Å². The van der Waals surface area contributed by atoms with Crippen molar-refractivity contribution < 1.29 is 8.78 Å². The number of nitrogens with one attached hydrogen (secondary N) is 1. The molecule has 19 heavy (non-hydrogen) atoms. The van der Waals surface area contributed by atoms with Crippen LogP contribution in [0.25, 0.3) is 0 Å². The van der Waals surface area contributed by atoms with Gasteiger partial charge in [-0.05, 0) is 18.6 Å². The molecule has 0 radical (unpaired) electrons. The van der Waals surface area contributed by atoms with Crippen molar-refractivity contribution in [2.45, 2.75) is 58.3 Å². The maximum atomic E-state index is 13.3. The van der Waals surface area contributed by atoms with Crippen molar-refractivity contribution in [3.05, 3.63) is 29.8 Å². The van der Waals surface area contributed by atoms with Gasteiger partial charge in [0, 0.05) is 6.54 Å². The molecule has 108 valence electrons. The Balaban J connectivity index is 2.03. The minimum atomic E-state index is -0.791. The first-order chi connectivity index (χ1) is 9.25. The predicted molar refractivity (Wildman–Crippen MR) is 77.5 cm³/mol. The molecule has 0 aliphatic heterocycles. The van der Waals surface area contributed by atoms with Crippen molar-refractivity contribution in [1.82, 2.24) is 0 Å². The zero-order valence-electron chi connectivity index (χ0n) is 11.9. The van der Waals surface area contributed by atoms with Gasteiger partial charge in [-0.1, -0.05) is 57.9 Å². The van der Waals surface area contributed by atoms with E-state index in [2.05, 4.69) is 12.2 Å². The zero-order valence-corrected chi connectivity index (χ0v) is 11.9. The third kappa shape index (κ3) is 6.55. The third-order valence-electron chi connectivity index (χ3n) is 3.30. The third-order valence-corrected chi connectivity index (χ3v) is 3.30. The van der Waals surface area contributed by atoms with E-state index < -0.39 is 11.6 Å². The average molecular weight is 269 g/mol. The molecule has 0 atom stereocenters. The molecule has 0 unspecified atom stereocenters. The van der Waals surface area contributed by atoms with Gasteiger partial charge in [-0.25, -0.2) is 8.78 Å². The van der Waals surface area contributed by atoms with Gasteiger partial charge >= 0.3 is 0 Å². The van der Waals surface area contributed by atoms with Crippen LogP contribution in [0.3, 0.4) is 0 Å². The number of anilines is 1. The molecule has 1 aromatic rings. The Kier molecular flexibility index (Phi) is 8.19. The SMILES string of the molecule is CCCCCCCCCCNc1cccc(F)c1F. The normalized spacial score (nSPS) is 10.7. The molecule has 0 aliphatic rings. The minimum Gasteiger partial charge on any atom is -0.383 e. The number of benzene rings is 1. The molecule has 1 aromatic carbocycles. The number of halogens is 2. The van der Waals surface area contributed by atoms with Crippen LogP contribution in [0, 0.1) is 11.6 Å². The van der Waals surface area contributed by atoms with Gasteiger partial charge in [0.05, 0.1) is 5.69 Å². The fourth-order valence-corrected chi connectivity index (χ4v) is 2.12. The summed E-state index contributed by atoms with van der Waals surface area (Å²) in [7, 11) is 0. The lowest BCUT2D eigenvalue weighted by Crippen LogP contribution is -2.04. The van der Waals surface area contributed by atoms with Crippen LogP contribution in [0.5, 0.6) is 0 Å². The van der Waals surface area contributed by atoms with E-state index in [4.69, 9.17) is 0 Å². The Morgan fingerprint density at radius 2 is 1.53 bits per heavy atom. The number of rotatable bonds is 10. The Hall–Kier alpha value is -1.12. The summed E-state index contributed by atoms with van der Waals surface area (Å²) in [4.78, 5) is 0. The Morgan fingerprint density at radius 1 is 0.895 bits per heavy atom. The molecule has 1 N–H and O–H groups in total. The molecule has 0 spiro atoms. The molecule has 0 saturated heterocycles. The Labute approximate surface area is 115 Å².